The van der Waals surface area contributed by atoms with Crippen LogP contribution in [0.1, 0.15) is 58.4 Å². The van der Waals surface area contributed by atoms with Crippen LogP contribution in [0.15, 0.2) is 30.5 Å². The van der Waals surface area contributed by atoms with E-state index in [0.717, 1.165) is 84.1 Å². The van der Waals surface area contributed by atoms with E-state index in [1.165, 1.54) is 0 Å². The van der Waals surface area contributed by atoms with Gasteiger partial charge in [-0.05, 0) is 62.4 Å². The Balaban J connectivity index is 1.42. The molecule has 5 rings (SSSR count). The summed E-state index contributed by atoms with van der Waals surface area (Å²) in [7, 11) is -1.76. The molecular formula is C27H38N6O2Si. The van der Waals surface area contributed by atoms with Gasteiger partial charge in [-0.2, -0.15) is 10.2 Å². The number of rotatable bonds is 7. The number of nitrogens with one attached hydrogen (secondary N) is 1. The third-order valence-electron chi connectivity index (χ3n) is 7.83. The Morgan fingerprint density at radius 1 is 1.22 bits per heavy atom. The third kappa shape index (κ3) is 4.67. The van der Waals surface area contributed by atoms with Crippen molar-refractivity contribution >= 4 is 35.9 Å². The van der Waals surface area contributed by atoms with Crippen molar-refractivity contribution in [3.05, 3.63) is 36.2 Å². The predicted octanol–water partition coefficient (Wildman–Crippen LogP) is 6.21. The van der Waals surface area contributed by atoms with Crippen LogP contribution >= 0.6 is 0 Å². The first-order chi connectivity index (χ1) is 17.2. The minimum Gasteiger partial charge on any atom is -0.417 e. The fourth-order valence-electron chi connectivity index (χ4n) is 4.69. The Kier molecular flexibility index (Phi) is 6.65. The number of nitrogens with two attached hydrogens (primary N) is 1. The average Bonchev–Trinajstić information content (AvgIpc) is 3.50. The summed E-state index contributed by atoms with van der Waals surface area (Å²) < 4.78 is 14.4. The van der Waals surface area contributed by atoms with Gasteiger partial charge < -0.3 is 14.9 Å². The number of nitrogens with zero attached hydrogens (tertiary/aromatic N) is 4. The number of H-pyrrole nitrogens is 1. The van der Waals surface area contributed by atoms with Gasteiger partial charge in [0, 0.05) is 41.4 Å². The molecular weight excluding hydrogens is 468 g/mol. The molecule has 36 heavy (non-hydrogen) atoms. The highest BCUT2D eigenvalue weighted by molar-refractivity contribution is 6.74. The summed E-state index contributed by atoms with van der Waals surface area (Å²) in [6.07, 6.45) is 6.82. The van der Waals surface area contributed by atoms with Gasteiger partial charge in [0.1, 0.15) is 5.52 Å². The summed E-state index contributed by atoms with van der Waals surface area (Å²) in [5.41, 5.74) is 11.1. The van der Waals surface area contributed by atoms with Gasteiger partial charge in [0.25, 0.3) is 0 Å². The van der Waals surface area contributed by atoms with E-state index in [1.807, 2.05) is 16.9 Å². The summed E-state index contributed by atoms with van der Waals surface area (Å²) in [5.74, 6) is 0.443. The number of nitrogen functional groups attached to an aromatic ring is 1. The van der Waals surface area contributed by atoms with Crippen molar-refractivity contribution < 1.29 is 9.16 Å². The van der Waals surface area contributed by atoms with Crippen LogP contribution in [0.25, 0.3) is 33.1 Å². The molecule has 3 aromatic heterocycles. The van der Waals surface area contributed by atoms with Gasteiger partial charge in [-0.1, -0.05) is 32.9 Å². The van der Waals surface area contributed by atoms with E-state index in [0.29, 0.717) is 5.82 Å². The van der Waals surface area contributed by atoms with Crippen LogP contribution in [0.3, 0.4) is 0 Å². The number of aromatic nitrogens is 5. The molecule has 1 saturated heterocycles. The zero-order chi connectivity index (χ0) is 25.5. The molecule has 1 aromatic carbocycles. The van der Waals surface area contributed by atoms with E-state index >= 15 is 0 Å². The molecule has 1 fully saturated rings. The molecule has 1 unspecified atom stereocenters. The van der Waals surface area contributed by atoms with Crippen molar-refractivity contribution in [3.8, 4) is 11.3 Å². The smallest absolute Gasteiger partial charge is 0.191 e. The maximum absolute atomic E-state index is 6.38. The second-order valence-corrected chi connectivity index (χ2v) is 16.2. The Morgan fingerprint density at radius 3 is 2.81 bits per heavy atom. The van der Waals surface area contributed by atoms with Gasteiger partial charge in [0.15, 0.2) is 20.4 Å². The summed E-state index contributed by atoms with van der Waals surface area (Å²) in [4.78, 5) is 4.70. The highest BCUT2D eigenvalue weighted by Crippen LogP contribution is 2.37. The SMILES string of the molecule is CC(C)(C)[Si](C)(C)OCCCc1[nH]nc2c(N)nc3cc(-c4ccnn4C4CCCCO4)ccc3c12. The Labute approximate surface area is 213 Å². The number of hydrogen-bond acceptors (Lipinski definition) is 6. The van der Waals surface area contributed by atoms with Crippen LogP contribution in [0, 0.1) is 0 Å². The largest absolute Gasteiger partial charge is 0.417 e. The molecule has 4 heterocycles. The highest BCUT2D eigenvalue weighted by Gasteiger charge is 2.36. The van der Waals surface area contributed by atoms with Gasteiger partial charge >= 0.3 is 0 Å². The van der Waals surface area contributed by atoms with Gasteiger partial charge in [-0.3, -0.25) is 5.10 Å². The number of anilines is 1. The van der Waals surface area contributed by atoms with E-state index in [4.69, 9.17) is 19.9 Å². The molecule has 4 aromatic rings. The minimum absolute atomic E-state index is 0.0195. The minimum atomic E-state index is -1.76. The van der Waals surface area contributed by atoms with Gasteiger partial charge in [-0.15, -0.1) is 0 Å². The molecule has 1 aliphatic heterocycles. The number of hydrogen-bond donors (Lipinski definition) is 2. The van der Waals surface area contributed by atoms with E-state index in [9.17, 15) is 0 Å². The molecule has 0 radical (unpaired) electrons. The zero-order valence-corrected chi connectivity index (χ0v) is 23.1. The molecule has 0 saturated carbocycles. The molecule has 0 spiro atoms. The lowest BCUT2D eigenvalue weighted by Crippen LogP contribution is -2.41. The van der Waals surface area contributed by atoms with Crippen molar-refractivity contribution in [1.29, 1.82) is 0 Å². The normalized spacial score (nSPS) is 17.3. The van der Waals surface area contributed by atoms with Crippen molar-refractivity contribution in [2.75, 3.05) is 18.9 Å². The molecule has 0 amide bonds. The van der Waals surface area contributed by atoms with Crippen LogP contribution in [0.4, 0.5) is 5.82 Å². The zero-order valence-electron chi connectivity index (χ0n) is 22.1. The quantitative estimate of drug-likeness (QED) is 0.228. The van der Waals surface area contributed by atoms with Crippen LogP contribution in [0.2, 0.25) is 18.1 Å². The maximum atomic E-state index is 6.38. The number of aromatic amines is 1. The lowest BCUT2D eigenvalue weighted by atomic mass is 10.0. The Morgan fingerprint density at radius 2 is 2.06 bits per heavy atom. The van der Waals surface area contributed by atoms with Gasteiger partial charge in [-0.25, -0.2) is 9.67 Å². The first kappa shape index (κ1) is 24.9. The van der Waals surface area contributed by atoms with Crippen LogP contribution < -0.4 is 5.73 Å². The molecule has 1 atom stereocenters. The van der Waals surface area contributed by atoms with Gasteiger partial charge in [0.2, 0.25) is 0 Å². The lowest BCUT2D eigenvalue weighted by molar-refractivity contribution is -0.0383. The number of pyridine rings is 1. The standard InChI is InChI=1S/C27H38N6O2Si/c1-27(2,3)36(4,5)35-16-8-9-20-24-19-12-11-18(17-21(19)30-26(28)25(24)32-31-20)22-13-14-29-33(22)23-10-6-7-15-34-23/h11-14,17,23H,6-10,15-16H2,1-5H3,(H2,28,30)(H,31,32). The van der Waals surface area contributed by atoms with E-state index in [1.54, 1.807) is 0 Å². The summed E-state index contributed by atoms with van der Waals surface area (Å²) in [6, 6.07) is 8.39. The number of benzene rings is 1. The fraction of sp³-hybridized carbons (Fsp3) is 0.519. The van der Waals surface area contributed by atoms with E-state index in [-0.39, 0.29) is 11.3 Å². The number of ether oxygens (including phenoxy) is 1. The van der Waals surface area contributed by atoms with Crippen molar-refractivity contribution in [3.63, 3.8) is 0 Å². The third-order valence-corrected chi connectivity index (χ3v) is 12.4. The van der Waals surface area contributed by atoms with Crippen molar-refractivity contribution in [2.45, 2.75) is 77.2 Å². The lowest BCUT2D eigenvalue weighted by Gasteiger charge is -2.36. The molecule has 1 aliphatic rings. The average molecular weight is 507 g/mol. The van der Waals surface area contributed by atoms with Crippen LogP contribution in [-0.2, 0) is 15.6 Å². The topological polar surface area (TPSA) is 104 Å². The summed E-state index contributed by atoms with van der Waals surface area (Å²) >= 11 is 0. The van der Waals surface area contributed by atoms with Crippen LogP contribution in [-0.4, -0.2) is 46.5 Å². The highest BCUT2D eigenvalue weighted by atomic mass is 28.4. The number of fused-ring (bicyclic) bond motifs is 3. The van der Waals surface area contributed by atoms with Gasteiger partial charge in [0.05, 0.1) is 11.2 Å². The van der Waals surface area contributed by atoms with Crippen molar-refractivity contribution in [1.82, 2.24) is 25.0 Å². The molecule has 0 aliphatic carbocycles. The second-order valence-electron chi connectivity index (χ2n) is 11.3. The van der Waals surface area contributed by atoms with E-state index in [2.05, 4.69) is 67.4 Å². The molecule has 192 valence electrons. The molecule has 8 nitrogen and oxygen atoms in total. The van der Waals surface area contributed by atoms with Crippen molar-refractivity contribution in [2.24, 2.45) is 0 Å². The summed E-state index contributed by atoms with van der Waals surface area (Å²) in [6.45, 7) is 12.9. The van der Waals surface area contributed by atoms with E-state index < -0.39 is 8.32 Å². The Bertz CT molecular complexity index is 1360. The Hall–Kier alpha value is -2.75. The van der Waals surface area contributed by atoms with Crippen LogP contribution in [0.5, 0.6) is 0 Å². The first-order valence-electron chi connectivity index (χ1n) is 13.0. The molecule has 0 bridgehead atoms. The summed E-state index contributed by atoms with van der Waals surface area (Å²) in [5, 5.41) is 14.6. The number of aryl methyl sites for hydroxylation is 1. The monoisotopic (exact) mass is 506 g/mol. The first-order valence-corrected chi connectivity index (χ1v) is 15.9. The molecule has 9 heteroatoms. The second kappa shape index (κ2) is 9.61. The predicted molar refractivity (Wildman–Crippen MR) is 147 cm³/mol. The molecule has 3 N–H and O–H groups in total. The fourth-order valence-corrected chi connectivity index (χ4v) is 5.78. The maximum Gasteiger partial charge on any atom is 0.191 e.